The maximum absolute atomic E-state index is 12.8. The van der Waals surface area contributed by atoms with Crippen LogP contribution < -0.4 is 0 Å². The lowest BCUT2D eigenvalue weighted by molar-refractivity contribution is 0.201. The van der Waals surface area contributed by atoms with E-state index in [1.54, 1.807) is 10.4 Å². The second-order valence-corrected chi connectivity index (χ2v) is 7.81. The summed E-state index contributed by atoms with van der Waals surface area (Å²) >= 11 is 0. The predicted octanol–water partition coefficient (Wildman–Crippen LogP) is 2.19. The summed E-state index contributed by atoms with van der Waals surface area (Å²) < 4.78 is 27.2. The summed E-state index contributed by atoms with van der Waals surface area (Å²) in [5.41, 5.74) is 2.89. The summed E-state index contributed by atoms with van der Waals surface area (Å²) in [5.74, 6) is 0. The third-order valence-electron chi connectivity index (χ3n) is 3.79. The van der Waals surface area contributed by atoms with E-state index in [4.69, 9.17) is 0 Å². The topological polar surface area (TPSA) is 40.6 Å². The lowest BCUT2D eigenvalue weighted by Gasteiger charge is -2.34. The number of benzene rings is 1. The van der Waals surface area contributed by atoms with E-state index < -0.39 is 10.0 Å². The number of piperazine rings is 1. The third kappa shape index (κ3) is 3.73. The molecule has 0 N–H and O–H groups in total. The van der Waals surface area contributed by atoms with Gasteiger partial charge in [-0.3, -0.25) is 4.90 Å². The fraction of sp³-hybridized carbons (Fsp3) is 0.500. The molecule has 1 aliphatic rings. The quantitative estimate of drug-likeness (QED) is 0.801. The smallest absolute Gasteiger partial charge is 0.243 e. The van der Waals surface area contributed by atoms with Gasteiger partial charge in [-0.15, -0.1) is 0 Å². The first-order chi connectivity index (χ1) is 9.80. The molecule has 1 saturated heterocycles. The van der Waals surface area contributed by atoms with Gasteiger partial charge in [0.05, 0.1) is 4.90 Å². The molecular weight excluding hydrogens is 284 g/mol. The van der Waals surface area contributed by atoms with E-state index in [-0.39, 0.29) is 0 Å². The maximum atomic E-state index is 12.8. The van der Waals surface area contributed by atoms with Gasteiger partial charge in [0.1, 0.15) is 0 Å². The Hall–Kier alpha value is -1.17. The zero-order valence-electron chi connectivity index (χ0n) is 13.1. The summed E-state index contributed by atoms with van der Waals surface area (Å²) in [6.07, 6.45) is 0. The highest BCUT2D eigenvalue weighted by molar-refractivity contribution is 7.89. The number of sulfonamides is 1. The van der Waals surface area contributed by atoms with Crippen LogP contribution in [-0.4, -0.2) is 50.3 Å². The molecule has 0 aromatic heterocycles. The molecular formula is C16H24N2O2S. The van der Waals surface area contributed by atoms with Crippen molar-refractivity contribution in [2.24, 2.45) is 0 Å². The summed E-state index contributed by atoms with van der Waals surface area (Å²) in [5, 5.41) is 0. The largest absolute Gasteiger partial charge is 0.297 e. The normalized spacial score (nSPS) is 17.9. The van der Waals surface area contributed by atoms with Crippen molar-refractivity contribution >= 4 is 10.0 Å². The predicted molar refractivity (Wildman–Crippen MR) is 85.9 cm³/mol. The first-order valence-electron chi connectivity index (χ1n) is 7.25. The average molecular weight is 308 g/mol. The van der Waals surface area contributed by atoms with Crippen molar-refractivity contribution in [2.45, 2.75) is 25.7 Å². The Morgan fingerprint density at radius 1 is 1.19 bits per heavy atom. The first kappa shape index (κ1) is 16.2. The van der Waals surface area contributed by atoms with Crippen LogP contribution in [0.1, 0.15) is 18.1 Å². The molecule has 4 nitrogen and oxygen atoms in total. The standard InChI is InChI=1S/C16H24N2O2S/c1-13(2)12-17-7-9-18(10-8-17)21(19,20)16-11-14(3)5-6-15(16)4/h5-6,11H,1,7-10,12H2,2-4H3. The lowest BCUT2D eigenvalue weighted by Crippen LogP contribution is -2.48. The van der Waals surface area contributed by atoms with Gasteiger partial charge in [-0.05, 0) is 38.0 Å². The molecule has 0 radical (unpaired) electrons. The Labute approximate surface area is 128 Å². The molecule has 1 aromatic carbocycles. The number of rotatable bonds is 4. The van der Waals surface area contributed by atoms with E-state index >= 15 is 0 Å². The Kier molecular flexibility index (Phi) is 4.86. The second-order valence-electron chi connectivity index (χ2n) is 5.91. The van der Waals surface area contributed by atoms with Crippen LogP contribution in [0.3, 0.4) is 0 Å². The molecule has 0 aliphatic carbocycles. The SMILES string of the molecule is C=C(C)CN1CCN(S(=O)(=O)c2cc(C)ccc2C)CC1. The lowest BCUT2D eigenvalue weighted by atomic mass is 10.2. The van der Waals surface area contributed by atoms with Gasteiger partial charge in [0.2, 0.25) is 10.0 Å². The van der Waals surface area contributed by atoms with E-state index in [9.17, 15) is 8.42 Å². The van der Waals surface area contributed by atoms with Gasteiger partial charge in [0, 0.05) is 32.7 Å². The molecule has 116 valence electrons. The maximum Gasteiger partial charge on any atom is 0.243 e. The Morgan fingerprint density at radius 2 is 1.81 bits per heavy atom. The van der Waals surface area contributed by atoms with Crippen LogP contribution in [-0.2, 0) is 10.0 Å². The molecule has 21 heavy (non-hydrogen) atoms. The van der Waals surface area contributed by atoms with Crippen molar-refractivity contribution in [3.05, 3.63) is 41.5 Å². The minimum absolute atomic E-state index is 0.441. The Balaban J connectivity index is 2.15. The minimum Gasteiger partial charge on any atom is -0.297 e. The fourth-order valence-electron chi connectivity index (χ4n) is 2.63. The molecule has 2 rings (SSSR count). The molecule has 0 unspecified atom stereocenters. The molecule has 0 bridgehead atoms. The van der Waals surface area contributed by atoms with E-state index in [1.807, 2.05) is 32.9 Å². The van der Waals surface area contributed by atoms with Crippen LogP contribution in [0.25, 0.3) is 0 Å². The minimum atomic E-state index is -3.38. The monoisotopic (exact) mass is 308 g/mol. The number of nitrogens with zero attached hydrogens (tertiary/aromatic N) is 2. The summed E-state index contributed by atoms with van der Waals surface area (Å²) in [6.45, 7) is 13.1. The van der Waals surface area contributed by atoms with Crippen molar-refractivity contribution in [3.63, 3.8) is 0 Å². The van der Waals surface area contributed by atoms with Crippen molar-refractivity contribution < 1.29 is 8.42 Å². The van der Waals surface area contributed by atoms with Crippen LogP contribution in [0.2, 0.25) is 0 Å². The summed E-state index contributed by atoms with van der Waals surface area (Å²) in [4.78, 5) is 2.69. The van der Waals surface area contributed by atoms with E-state index in [0.29, 0.717) is 18.0 Å². The highest BCUT2D eigenvalue weighted by Crippen LogP contribution is 2.22. The molecule has 0 atom stereocenters. The molecule has 0 saturated carbocycles. The molecule has 5 heteroatoms. The van der Waals surface area contributed by atoms with Gasteiger partial charge in [-0.1, -0.05) is 24.3 Å². The zero-order valence-corrected chi connectivity index (χ0v) is 13.9. The van der Waals surface area contributed by atoms with Crippen LogP contribution in [0, 0.1) is 13.8 Å². The molecule has 1 fully saturated rings. The molecule has 0 amide bonds. The molecule has 1 aromatic rings. The van der Waals surface area contributed by atoms with Crippen LogP contribution in [0.5, 0.6) is 0 Å². The first-order valence-corrected chi connectivity index (χ1v) is 8.69. The Morgan fingerprint density at radius 3 is 2.38 bits per heavy atom. The highest BCUT2D eigenvalue weighted by atomic mass is 32.2. The van der Waals surface area contributed by atoms with Crippen LogP contribution in [0.4, 0.5) is 0 Å². The third-order valence-corrected chi connectivity index (χ3v) is 5.83. The van der Waals surface area contributed by atoms with Crippen molar-refractivity contribution in [2.75, 3.05) is 32.7 Å². The van der Waals surface area contributed by atoms with Crippen molar-refractivity contribution in [3.8, 4) is 0 Å². The van der Waals surface area contributed by atoms with Gasteiger partial charge in [-0.25, -0.2) is 8.42 Å². The van der Waals surface area contributed by atoms with E-state index in [1.165, 1.54) is 0 Å². The van der Waals surface area contributed by atoms with Gasteiger partial charge in [0.15, 0.2) is 0 Å². The fourth-order valence-corrected chi connectivity index (χ4v) is 4.37. The van der Waals surface area contributed by atoms with E-state index in [2.05, 4.69) is 11.5 Å². The van der Waals surface area contributed by atoms with E-state index in [0.717, 1.165) is 36.3 Å². The molecule has 1 heterocycles. The van der Waals surface area contributed by atoms with Crippen LogP contribution in [0.15, 0.2) is 35.2 Å². The average Bonchev–Trinajstić information content (AvgIpc) is 2.41. The molecule has 1 aliphatic heterocycles. The van der Waals surface area contributed by atoms with Gasteiger partial charge >= 0.3 is 0 Å². The number of hydrogen-bond acceptors (Lipinski definition) is 3. The second kappa shape index (κ2) is 6.30. The van der Waals surface area contributed by atoms with Crippen molar-refractivity contribution in [1.29, 1.82) is 0 Å². The van der Waals surface area contributed by atoms with Gasteiger partial charge in [0.25, 0.3) is 0 Å². The molecule has 0 spiro atoms. The van der Waals surface area contributed by atoms with Gasteiger partial charge in [-0.2, -0.15) is 4.31 Å². The van der Waals surface area contributed by atoms with Crippen LogP contribution >= 0.6 is 0 Å². The van der Waals surface area contributed by atoms with Gasteiger partial charge < -0.3 is 0 Å². The highest BCUT2D eigenvalue weighted by Gasteiger charge is 2.29. The summed E-state index contributed by atoms with van der Waals surface area (Å²) in [7, 11) is -3.38. The Bertz CT molecular complexity index is 630. The number of hydrogen-bond donors (Lipinski definition) is 0. The number of aryl methyl sites for hydroxylation is 2. The zero-order chi connectivity index (χ0) is 15.6. The van der Waals surface area contributed by atoms with Crippen molar-refractivity contribution in [1.82, 2.24) is 9.21 Å². The summed E-state index contributed by atoms with van der Waals surface area (Å²) in [6, 6.07) is 5.59.